The summed E-state index contributed by atoms with van der Waals surface area (Å²) in [6, 6.07) is 38.4. The Morgan fingerprint density at radius 1 is 0.443 bits per heavy atom. The van der Waals surface area contributed by atoms with Crippen LogP contribution in [-0.2, 0) is 25.2 Å². The van der Waals surface area contributed by atoms with Gasteiger partial charge in [0.05, 0.1) is 41.7 Å². The van der Waals surface area contributed by atoms with Gasteiger partial charge in [0.1, 0.15) is 22.6 Å². The maximum absolute atomic E-state index is 13.3. The van der Waals surface area contributed by atoms with Gasteiger partial charge in [0.15, 0.2) is 17.7 Å². The molecule has 6 spiro atoms. The summed E-state index contributed by atoms with van der Waals surface area (Å²) in [4.78, 5) is 74.7. The average Bonchev–Trinajstić information content (AvgIpc) is 1.60. The third-order valence-corrected chi connectivity index (χ3v) is 32.7. The number of allylic oxidation sites excluding steroid dienone is 1. The molecule has 8 aromatic rings. The number of pyridine rings is 4. The lowest BCUT2D eigenvalue weighted by molar-refractivity contribution is -0.389. The van der Waals surface area contributed by atoms with Crippen molar-refractivity contribution in [3.05, 3.63) is 190 Å². The third-order valence-electron chi connectivity index (χ3n) is 32.7. The van der Waals surface area contributed by atoms with Crippen molar-refractivity contribution in [2.75, 3.05) is 218 Å². The Labute approximate surface area is 781 Å². The molecule has 12 saturated heterocycles. The summed E-state index contributed by atoms with van der Waals surface area (Å²) in [5, 5.41) is 31.7. The molecule has 27 heteroatoms. The number of rotatable bonds is 14. The molecular formula is C104H155N23O4. The normalized spacial score (nSPS) is 22.4. The summed E-state index contributed by atoms with van der Waals surface area (Å²) < 4.78 is 3.15. The van der Waals surface area contributed by atoms with Crippen LogP contribution in [0.3, 0.4) is 0 Å². The molecule has 0 bridgehead atoms. The van der Waals surface area contributed by atoms with Crippen molar-refractivity contribution in [3.63, 3.8) is 0 Å². The zero-order valence-electron chi connectivity index (χ0n) is 80.4. The molecule has 2 aromatic carbocycles. The summed E-state index contributed by atoms with van der Waals surface area (Å²) >= 11 is 0. The minimum absolute atomic E-state index is 0.0810. The maximum atomic E-state index is 13.3. The fraction of sp³-hybridized carbons (Fsp3) is 0.625. The molecule has 12 fully saturated rings. The average molecular weight is 1790 g/mol. The third kappa shape index (κ3) is 26.0. The quantitative estimate of drug-likeness (QED) is 0.0385. The molecule has 20 rings (SSSR count). The molecule has 6 N–H and O–H groups in total. The van der Waals surface area contributed by atoms with Crippen LogP contribution in [0.5, 0.6) is 0 Å². The summed E-state index contributed by atoms with van der Waals surface area (Å²) in [6.07, 6.45) is 41.1. The number of piperidine rings is 12. The van der Waals surface area contributed by atoms with E-state index >= 15 is 0 Å². The Morgan fingerprint density at radius 3 is 1.16 bits per heavy atom. The van der Waals surface area contributed by atoms with Crippen molar-refractivity contribution in [3.8, 4) is 5.82 Å². The number of benzene rings is 2. The fourth-order valence-electron chi connectivity index (χ4n) is 22.7. The molecule has 0 radical (unpaired) electrons. The van der Waals surface area contributed by atoms with Gasteiger partial charge in [0, 0.05) is 64.6 Å². The number of hydrogen-bond donors (Lipinski definition) is 5. The van der Waals surface area contributed by atoms with E-state index in [1.807, 2.05) is 30.6 Å². The number of nitrogen functional groups attached to an aromatic ring is 1. The number of fused-ring (bicyclic) bond motifs is 1. The summed E-state index contributed by atoms with van der Waals surface area (Å²) in [6.45, 7) is 38.9. The highest BCUT2D eigenvalue weighted by molar-refractivity contribution is 5.77. The van der Waals surface area contributed by atoms with Crippen molar-refractivity contribution >= 4 is 51.5 Å². The van der Waals surface area contributed by atoms with Crippen molar-refractivity contribution < 1.29 is 10.0 Å². The second-order valence-corrected chi connectivity index (χ2v) is 42.0. The second-order valence-electron chi connectivity index (χ2n) is 42.0. The molecule has 12 aliphatic rings. The first kappa shape index (κ1) is 96.7. The van der Waals surface area contributed by atoms with Crippen LogP contribution in [-0.4, -0.2) is 276 Å². The van der Waals surface area contributed by atoms with Crippen molar-refractivity contribution in [1.82, 2.24) is 84.2 Å². The number of nitro groups is 1. The van der Waals surface area contributed by atoms with E-state index in [0.29, 0.717) is 67.2 Å². The van der Waals surface area contributed by atoms with Crippen LogP contribution in [0.15, 0.2) is 157 Å². The molecule has 0 aliphatic carbocycles. The zero-order valence-corrected chi connectivity index (χ0v) is 80.4. The van der Waals surface area contributed by atoms with E-state index in [2.05, 4.69) is 204 Å². The number of anilines is 6. The van der Waals surface area contributed by atoms with E-state index in [1.165, 1.54) is 306 Å². The molecule has 27 nitrogen and oxygen atoms in total. The topological polar surface area (TPSA) is 262 Å². The number of nitrogens with one attached hydrogen (secondary N) is 3. The number of nitrogens with zero attached hydrogens (tertiary/aromatic N) is 19. The summed E-state index contributed by atoms with van der Waals surface area (Å²) in [7, 11) is 11.2. The molecule has 131 heavy (non-hydrogen) atoms. The number of hydrogen-bond acceptors (Lipinski definition) is 24. The van der Waals surface area contributed by atoms with Gasteiger partial charge < -0.3 is 76.1 Å². The zero-order chi connectivity index (χ0) is 91.5. The smallest absolute Gasteiger partial charge is 0.363 e. The van der Waals surface area contributed by atoms with Crippen LogP contribution in [0, 0.1) is 42.6 Å². The van der Waals surface area contributed by atoms with Gasteiger partial charge in [0.25, 0.3) is 5.56 Å². The monoisotopic (exact) mass is 1790 g/mol. The van der Waals surface area contributed by atoms with Crippen molar-refractivity contribution in [2.24, 2.45) is 32.5 Å². The van der Waals surface area contributed by atoms with Gasteiger partial charge in [-0.3, -0.25) is 14.6 Å². The lowest BCUT2D eigenvalue weighted by atomic mass is 9.71. The predicted octanol–water partition coefficient (Wildman–Crippen LogP) is 14.8. The molecular weight excluding hydrogens is 1640 g/mol. The Balaban J connectivity index is 0.000000127. The Hall–Kier alpha value is -8.87. The van der Waals surface area contributed by atoms with Gasteiger partial charge in [0.2, 0.25) is 5.95 Å². The highest BCUT2D eigenvalue weighted by Crippen LogP contribution is 2.47. The lowest BCUT2D eigenvalue weighted by Crippen LogP contribution is -2.46. The highest BCUT2D eigenvalue weighted by atomic mass is 16.6. The van der Waals surface area contributed by atoms with Crippen LogP contribution >= 0.6 is 0 Å². The van der Waals surface area contributed by atoms with Crippen LogP contribution in [0.2, 0.25) is 0 Å². The van der Waals surface area contributed by atoms with Crippen molar-refractivity contribution in [2.45, 2.75) is 193 Å². The lowest BCUT2D eigenvalue weighted by Gasteiger charge is -2.46. The van der Waals surface area contributed by atoms with E-state index in [0.717, 1.165) is 69.1 Å². The first-order chi connectivity index (χ1) is 63.3. The maximum Gasteiger partial charge on any atom is 0.363 e. The Bertz CT molecular complexity index is 4870. The number of nitrogens with two attached hydrogens (primary N) is 1. The largest absolute Gasteiger partial charge is 0.384 e. The van der Waals surface area contributed by atoms with Crippen LogP contribution in [0.1, 0.15) is 185 Å². The molecule has 0 amide bonds. The standard InChI is InChI=1S/C31H39N9O2.C17H26N2.C16H24N2.C15H22N4O2.C15H24N4.C10H20N2/c1-5-15-39-28(41)23-21-33-29(36-27(23)40(39)26-8-6-7-24(34-26)30(2,3)42)35-25-10-9-22(20-32-25)38-18-13-31(14-19-38)11-16-37(4)17-12-31;1-18-11-7-17(8-12-18)9-13-19(14-10-17)15-16-5-3-2-4-6-16;1-2-4-15(5-3-1)14-18-12-8-16(9-13-18)6-10-17-11-7-16;1-17-8-4-15(5-9-17)6-10-18(11-7-15)13-2-3-14(16-12-13)19(20)21;1-18-8-4-15(5-9-18)6-10-19(11-7-15)13-2-3-14(16)17-12-13;1-12-8-4-10(5-9-12)2-6-11-7-3-10/h5-10,20-21,42H,1,11-19H2,2-4H3,(H,32,33,35,36);2-6H,7-15H2,1H3;1-5,17H,6-14H2;2-3,12H,4-11H2,1H3;2-3,12H,4-11H2,1H3,(H2,16,17);11H,2-9H2,1H3. The Kier molecular flexibility index (Phi) is 32.9. The van der Waals surface area contributed by atoms with Crippen LogP contribution < -0.4 is 41.9 Å². The molecule has 6 aromatic heterocycles. The van der Waals surface area contributed by atoms with Gasteiger partial charge in [-0.25, -0.2) is 29.3 Å². The molecule has 0 atom stereocenters. The van der Waals surface area contributed by atoms with Gasteiger partial charge in [-0.2, -0.15) is 4.98 Å². The molecule has 0 unspecified atom stereocenters. The molecule has 0 saturated carbocycles. The molecule has 12 aliphatic heterocycles. The van der Waals surface area contributed by atoms with Gasteiger partial charge in [-0.1, -0.05) is 72.8 Å². The number of likely N-dealkylation sites (tertiary alicyclic amines) is 7. The SMILES string of the molecule is C=CCn1c(=O)c2cnc(Nc3ccc(N4CCC5(CCN(C)CC5)CC4)cn3)nc2n1-c1cccc(C(C)(C)O)n1.CN1CCC2(CC1)CCN(Cc1ccccc1)CC2.CN1CCC2(CC1)CCN(c1ccc(N)nc1)CC2.CN1CCC2(CC1)CCN(c1ccc([N+](=O)[O-])nc1)CC2.CN1CCC2(CCNCC2)CC1.c1ccc(CN2CCC3(CCNCC3)CC2)cc1. The van der Waals surface area contributed by atoms with E-state index in [9.17, 15) is 20.0 Å². The van der Waals surface area contributed by atoms with E-state index in [1.54, 1.807) is 49.0 Å². The minimum Gasteiger partial charge on any atom is -0.384 e. The predicted molar refractivity (Wildman–Crippen MR) is 532 cm³/mol. The van der Waals surface area contributed by atoms with E-state index < -0.39 is 10.5 Å². The van der Waals surface area contributed by atoms with Gasteiger partial charge in [-0.05, 0) is 417 Å². The minimum atomic E-state index is -1.15. The summed E-state index contributed by atoms with van der Waals surface area (Å²) in [5.41, 5.74) is 15.1. The first-order valence-electron chi connectivity index (χ1n) is 49.8. The van der Waals surface area contributed by atoms with Crippen LogP contribution in [0.25, 0.3) is 16.9 Å². The van der Waals surface area contributed by atoms with E-state index in [4.69, 9.17) is 10.7 Å². The number of aromatic nitrogens is 8. The highest BCUT2D eigenvalue weighted by Gasteiger charge is 2.43. The number of aliphatic hydroxyl groups is 1. The molecule has 18 heterocycles. The second kappa shape index (κ2) is 44.5. The summed E-state index contributed by atoms with van der Waals surface area (Å²) in [5.74, 6) is 1.91. The Morgan fingerprint density at radius 2 is 0.809 bits per heavy atom. The van der Waals surface area contributed by atoms with Crippen molar-refractivity contribution in [1.29, 1.82) is 0 Å². The first-order valence-corrected chi connectivity index (χ1v) is 49.8. The fourth-order valence-corrected chi connectivity index (χ4v) is 22.7. The van der Waals surface area contributed by atoms with Crippen LogP contribution in [0.4, 0.5) is 40.5 Å². The van der Waals surface area contributed by atoms with Gasteiger partial charge in [-0.15, -0.1) is 6.58 Å². The van der Waals surface area contributed by atoms with Gasteiger partial charge >= 0.3 is 5.82 Å². The molecule has 710 valence electrons. The van der Waals surface area contributed by atoms with E-state index in [-0.39, 0.29) is 17.9 Å².